The highest BCUT2D eigenvalue weighted by atomic mass is 19.1. The Morgan fingerprint density at radius 3 is 2.73 bits per heavy atom. The van der Waals surface area contributed by atoms with E-state index in [4.69, 9.17) is 0 Å². The minimum Gasteiger partial charge on any atom is -0.339 e. The van der Waals surface area contributed by atoms with Crippen LogP contribution in [0.1, 0.15) is 37.7 Å². The van der Waals surface area contributed by atoms with Crippen molar-refractivity contribution in [1.29, 1.82) is 0 Å². The maximum atomic E-state index is 13.8. The van der Waals surface area contributed by atoms with Gasteiger partial charge in [-0.25, -0.2) is 4.39 Å². The maximum absolute atomic E-state index is 13.8. The summed E-state index contributed by atoms with van der Waals surface area (Å²) in [6, 6.07) is 6.98. The molecular formula is C18H25FN2O. The van der Waals surface area contributed by atoms with Gasteiger partial charge in [-0.1, -0.05) is 18.2 Å². The third-order valence-corrected chi connectivity index (χ3v) is 5.10. The van der Waals surface area contributed by atoms with Gasteiger partial charge in [0.05, 0.1) is 6.42 Å². The molecule has 22 heavy (non-hydrogen) atoms. The van der Waals surface area contributed by atoms with Crippen LogP contribution in [0.4, 0.5) is 4.39 Å². The van der Waals surface area contributed by atoms with Gasteiger partial charge in [-0.2, -0.15) is 0 Å². The number of amides is 1. The third-order valence-electron chi connectivity index (χ3n) is 5.10. The largest absolute Gasteiger partial charge is 0.339 e. The number of nitrogens with zero attached hydrogens (tertiary/aromatic N) is 1. The number of halogens is 1. The first-order valence-electron chi connectivity index (χ1n) is 8.49. The number of benzene rings is 1. The van der Waals surface area contributed by atoms with E-state index in [-0.39, 0.29) is 18.1 Å². The zero-order valence-electron chi connectivity index (χ0n) is 13.1. The normalized spacial score (nSPS) is 23.5. The number of nitrogens with one attached hydrogen (secondary N) is 1. The predicted octanol–water partition coefficient (Wildman–Crippen LogP) is 2.75. The van der Waals surface area contributed by atoms with Crippen molar-refractivity contribution in [3.8, 4) is 0 Å². The van der Waals surface area contributed by atoms with Gasteiger partial charge < -0.3 is 10.2 Å². The minimum atomic E-state index is -0.272. The zero-order valence-corrected chi connectivity index (χ0v) is 13.1. The molecule has 120 valence electrons. The zero-order chi connectivity index (χ0) is 15.4. The summed E-state index contributed by atoms with van der Waals surface area (Å²) in [6.07, 6.45) is 5.87. The molecule has 3 nitrogen and oxygen atoms in total. The number of hydrogen-bond donors (Lipinski definition) is 1. The van der Waals surface area contributed by atoms with E-state index in [0.717, 1.165) is 45.3 Å². The van der Waals surface area contributed by atoms with Crippen molar-refractivity contribution in [2.24, 2.45) is 5.92 Å². The summed E-state index contributed by atoms with van der Waals surface area (Å²) in [5.41, 5.74) is 0.516. The van der Waals surface area contributed by atoms with Crippen LogP contribution in [0, 0.1) is 11.7 Å². The minimum absolute atomic E-state index is 0.0910. The van der Waals surface area contributed by atoms with Gasteiger partial charge in [-0.15, -0.1) is 0 Å². The monoisotopic (exact) mass is 304 g/mol. The summed E-state index contributed by atoms with van der Waals surface area (Å²) in [5.74, 6) is 0.422. The average Bonchev–Trinajstić information content (AvgIpc) is 2.58. The molecule has 0 saturated carbocycles. The molecule has 1 unspecified atom stereocenters. The van der Waals surface area contributed by atoms with Crippen molar-refractivity contribution in [1.82, 2.24) is 10.2 Å². The molecule has 3 rings (SSSR count). The van der Waals surface area contributed by atoms with Gasteiger partial charge in [-0.05, 0) is 62.7 Å². The van der Waals surface area contributed by atoms with E-state index in [1.54, 1.807) is 18.2 Å². The molecule has 2 heterocycles. The lowest BCUT2D eigenvalue weighted by atomic mass is 9.84. The quantitative estimate of drug-likeness (QED) is 0.931. The topological polar surface area (TPSA) is 32.3 Å². The Hall–Kier alpha value is -1.42. The number of piperidine rings is 2. The molecular weight excluding hydrogens is 279 g/mol. The summed E-state index contributed by atoms with van der Waals surface area (Å²) in [7, 11) is 0. The first-order valence-corrected chi connectivity index (χ1v) is 8.49. The van der Waals surface area contributed by atoms with Gasteiger partial charge in [0.2, 0.25) is 5.91 Å². The van der Waals surface area contributed by atoms with Crippen LogP contribution in [0.5, 0.6) is 0 Å². The lowest BCUT2D eigenvalue weighted by Gasteiger charge is -2.42. The van der Waals surface area contributed by atoms with E-state index in [0.29, 0.717) is 17.5 Å². The molecule has 1 atom stereocenters. The summed E-state index contributed by atoms with van der Waals surface area (Å²) >= 11 is 0. The molecule has 4 heteroatoms. The summed E-state index contributed by atoms with van der Waals surface area (Å²) < 4.78 is 13.8. The van der Waals surface area contributed by atoms with Crippen LogP contribution < -0.4 is 5.32 Å². The van der Waals surface area contributed by atoms with Gasteiger partial charge >= 0.3 is 0 Å². The van der Waals surface area contributed by atoms with E-state index in [1.807, 2.05) is 4.90 Å². The standard InChI is InChI=1S/C18H25FN2O/c19-16-6-2-1-5-15(16)13-18(22)21-12-4-3-7-17(21)14-8-10-20-11-9-14/h1-2,5-6,14,17,20H,3-4,7-13H2. The van der Waals surface area contributed by atoms with E-state index in [9.17, 15) is 9.18 Å². The van der Waals surface area contributed by atoms with E-state index < -0.39 is 0 Å². The fourth-order valence-electron chi connectivity index (χ4n) is 3.89. The Morgan fingerprint density at radius 1 is 1.18 bits per heavy atom. The molecule has 0 aliphatic carbocycles. The van der Waals surface area contributed by atoms with Crippen LogP contribution in [-0.4, -0.2) is 36.5 Å². The number of likely N-dealkylation sites (tertiary alicyclic amines) is 1. The maximum Gasteiger partial charge on any atom is 0.227 e. The molecule has 0 bridgehead atoms. The highest BCUT2D eigenvalue weighted by molar-refractivity contribution is 5.79. The lowest BCUT2D eigenvalue weighted by Crippen LogP contribution is -2.50. The molecule has 1 aromatic carbocycles. The van der Waals surface area contributed by atoms with Gasteiger partial charge in [0.15, 0.2) is 0 Å². The smallest absolute Gasteiger partial charge is 0.227 e. The number of carbonyl (C=O) groups is 1. The fourth-order valence-corrected chi connectivity index (χ4v) is 3.89. The Morgan fingerprint density at radius 2 is 1.95 bits per heavy atom. The molecule has 2 saturated heterocycles. The van der Waals surface area contributed by atoms with Crippen LogP contribution in [0.3, 0.4) is 0 Å². The van der Waals surface area contributed by atoms with E-state index >= 15 is 0 Å². The van der Waals surface area contributed by atoms with Gasteiger partial charge in [-0.3, -0.25) is 4.79 Å². The fraction of sp³-hybridized carbons (Fsp3) is 0.611. The molecule has 0 radical (unpaired) electrons. The molecule has 1 aromatic rings. The second-order valence-electron chi connectivity index (χ2n) is 6.51. The Kier molecular flexibility index (Phi) is 5.08. The molecule has 2 aliphatic heterocycles. The first kappa shape index (κ1) is 15.5. The number of hydrogen-bond acceptors (Lipinski definition) is 2. The van der Waals surface area contributed by atoms with Crippen LogP contribution in [-0.2, 0) is 11.2 Å². The van der Waals surface area contributed by atoms with Crippen molar-refractivity contribution in [2.45, 2.75) is 44.6 Å². The third kappa shape index (κ3) is 3.49. The van der Waals surface area contributed by atoms with Crippen molar-refractivity contribution in [3.05, 3.63) is 35.6 Å². The Balaban J connectivity index is 1.69. The molecule has 0 aromatic heterocycles. The van der Waals surface area contributed by atoms with Crippen molar-refractivity contribution < 1.29 is 9.18 Å². The lowest BCUT2D eigenvalue weighted by molar-refractivity contribution is -0.135. The van der Waals surface area contributed by atoms with Gasteiger partial charge in [0.25, 0.3) is 0 Å². The highest BCUT2D eigenvalue weighted by Gasteiger charge is 2.33. The van der Waals surface area contributed by atoms with E-state index in [1.165, 1.54) is 12.5 Å². The molecule has 0 spiro atoms. The van der Waals surface area contributed by atoms with Crippen LogP contribution >= 0.6 is 0 Å². The summed E-state index contributed by atoms with van der Waals surface area (Å²) in [6.45, 7) is 2.94. The Bertz CT molecular complexity index is 514. The van der Waals surface area contributed by atoms with Crippen LogP contribution in [0.25, 0.3) is 0 Å². The van der Waals surface area contributed by atoms with Crippen molar-refractivity contribution >= 4 is 5.91 Å². The summed E-state index contributed by atoms with van der Waals surface area (Å²) in [4.78, 5) is 14.8. The van der Waals surface area contributed by atoms with E-state index in [2.05, 4.69) is 5.32 Å². The van der Waals surface area contributed by atoms with Gasteiger partial charge in [0.1, 0.15) is 5.82 Å². The predicted molar refractivity (Wildman–Crippen MR) is 85.0 cm³/mol. The highest BCUT2D eigenvalue weighted by Crippen LogP contribution is 2.29. The molecule has 1 N–H and O–H groups in total. The molecule has 2 fully saturated rings. The number of carbonyl (C=O) groups excluding carboxylic acids is 1. The second kappa shape index (κ2) is 7.23. The summed E-state index contributed by atoms with van der Waals surface area (Å²) in [5, 5.41) is 3.39. The Labute approximate surface area is 131 Å². The second-order valence-corrected chi connectivity index (χ2v) is 6.51. The van der Waals surface area contributed by atoms with Crippen LogP contribution in [0.15, 0.2) is 24.3 Å². The number of rotatable bonds is 3. The average molecular weight is 304 g/mol. The van der Waals surface area contributed by atoms with Crippen molar-refractivity contribution in [2.75, 3.05) is 19.6 Å². The van der Waals surface area contributed by atoms with Crippen LogP contribution in [0.2, 0.25) is 0 Å². The van der Waals surface area contributed by atoms with Gasteiger partial charge in [0, 0.05) is 12.6 Å². The SMILES string of the molecule is O=C(Cc1ccccc1F)N1CCCCC1C1CCNCC1. The molecule has 1 amide bonds. The van der Waals surface area contributed by atoms with Crippen molar-refractivity contribution in [3.63, 3.8) is 0 Å². The first-order chi connectivity index (χ1) is 10.8. The molecule has 2 aliphatic rings.